The third-order valence-corrected chi connectivity index (χ3v) is 7.98. The summed E-state index contributed by atoms with van der Waals surface area (Å²) in [5.41, 5.74) is 1.79. The molecule has 32 heavy (non-hydrogen) atoms. The molecule has 1 N–H and O–H groups in total. The number of fused-ring (bicyclic) bond motifs is 5. The summed E-state index contributed by atoms with van der Waals surface area (Å²) in [7, 11) is -3.27. The van der Waals surface area contributed by atoms with Gasteiger partial charge in [-0.1, -0.05) is 12.1 Å². The van der Waals surface area contributed by atoms with Gasteiger partial charge in [0.1, 0.15) is 12.0 Å². The van der Waals surface area contributed by atoms with Crippen molar-refractivity contribution < 1.29 is 22.3 Å². The maximum absolute atomic E-state index is 11.8. The molecule has 0 saturated heterocycles. The van der Waals surface area contributed by atoms with Crippen molar-refractivity contribution in [2.24, 2.45) is 0 Å². The van der Waals surface area contributed by atoms with E-state index in [9.17, 15) is 8.42 Å². The van der Waals surface area contributed by atoms with Crippen LogP contribution in [-0.4, -0.2) is 45.0 Å². The normalized spacial score (nSPS) is 31.0. The zero-order valence-corrected chi connectivity index (χ0v) is 19.4. The number of rotatable bonds is 2. The minimum absolute atomic E-state index is 0.126. The van der Waals surface area contributed by atoms with Gasteiger partial charge in [0.15, 0.2) is 0 Å². The van der Waals surface area contributed by atoms with Gasteiger partial charge in [0, 0.05) is 12.5 Å². The molecular formula is C24H32N2O5S. The molecule has 2 aromatic rings. The van der Waals surface area contributed by atoms with Crippen LogP contribution in [0.1, 0.15) is 68.0 Å². The van der Waals surface area contributed by atoms with Crippen LogP contribution in [-0.2, 0) is 26.6 Å². The Bertz CT molecular complexity index is 1040. The highest BCUT2D eigenvalue weighted by molar-refractivity contribution is 7.88. The lowest BCUT2D eigenvalue weighted by Crippen LogP contribution is -2.37. The van der Waals surface area contributed by atoms with Gasteiger partial charge in [-0.15, -0.1) is 0 Å². The second kappa shape index (κ2) is 8.80. The number of nitrogens with one attached hydrogen (secondary N) is 1. The highest BCUT2D eigenvalue weighted by Gasteiger charge is 2.46. The Labute approximate surface area is 189 Å². The Balaban J connectivity index is 1.40. The largest absolute Gasteiger partial charge is 0.493 e. The summed E-state index contributed by atoms with van der Waals surface area (Å²) < 4.78 is 44.8. The molecule has 1 spiro atoms. The lowest BCUT2D eigenvalue weighted by molar-refractivity contribution is -0.0101. The molecule has 2 atom stereocenters. The monoisotopic (exact) mass is 460 g/mol. The van der Waals surface area contributed by atoms with Crippen molar-refractivity contribution in [1.29, 1.82) is 0 Å². The summed E-state index contributed by atoms with van der Waals surface area (Å²) >= 11 is 0. The number of benzene rings is 1. The molecule has 174 valence electrons. The van der Waals surface area contributed by atoms with Crippen LogP contribution in [0.15, 0.2) is 34.9 Å². The molecular weight excluding hydrogens is 428 g/mol. The van der Waals surface area contributed by atoms with Crippen molar-refractivity contribution in [3.8, 4) is 5.75 Å². The highest BCUT2D eigenvalue weighted by Crippen LogP contribution is 2.43. The van der Waals surface area contributed by atoms with Gasteiger partial charge in [0.05, 0.1) is 36.7 Å². The molecule has 2 fully saturated rings. The predicted molar refractivity (Wildman–Crippen MR) is 120 cm³/mol. The second-order valence-corrected chi connectivity index (χ2v) is 11.5. The van der Waals surface area contributed by atoms with Crippen molar-refractivity contribution in [3.05, 3.63) is 47.7 Å². The van der Waals surface area contributed by atoms with Gasteiger partial charge < -0.3 is 13.9 Å². The SMILES string of the molecule is CS(=O)(=O)NC1CC[C@@]2(COC3CCC(CC3)c3cccc(c3)OCCc3coc2n3)C1. The Hall–Kier alpha value is -1.90. The van der Waals surface area contributed by atoms with Crippen LogP contribution >= 0.6 is 0 Å². The first-order valence-corrected chi connectivity index (χ1v) is 13.5. The highest BCUT2D eigenvalue weighted by atomic mass is 32.2. The molecule has 2 aliphatic heterocycles. The number of hydrogen-bond acceptors (Lipinski definition) is 6. The van der Waals surface area contributed by atoms with E-state index < -0.39 is 15.4 Å². The molecule has 1 aromatic carbocycles. The van der Waals surface area contributed by atoms with E-state index in [-0.39, 0.29) is 12.1 Å². The fourth-order valence-electron chi connectivity index (χ4n) is 5.55. The molecule has 6 rings (SSSR count). The van der Waals surface area contributed by atoms with Gasteiger partial charge in [-0.25, -0.2) is 18.1 Å². The third-order valence-electron chi connectivity index (χ3n) is 7.22. The van der Waals surface area contributed by atoms with Gasteiger partial charge in [-0.05, 0) is 68.6 Å². The molecule has 4 aliphatic rings. The quantitative estimate of drug-likeness (QED) is 0.735. The standard InChI is InChI=1S/C24H32N2O5S/c1-32(27,28)26-19-9-11-24(14-19)16-31-21-7-5-17(6-8-21)18-3-2-4-22(13-18)29-12-10-20-15-30-23(24)25-20/h2-4,13,15,17,19,21,26H,5-12,14,16H2,1H3/t17?,19?,21?,24-/m0/s1. The van der Waals surface area contributed by atoms with Crippen LogP contribution in [0.4, 0.5) is 0 Å². The molecule has 1 unspecified atom stereocenters. The van der Waals surface area contributed by atoms with Gasteiger partial charge in [0.2, 0.25) is 15.9 Å². The van der Waals surface area contributed by atoms with E-state index in [1.165, 1.54) is 11.8 Å². The first-order chi connectivity index (χ1) is 15.4. The van der Waals surface area contributed by atoms with Crippen LogP contribution in [0.3, 0.4) is 0 Å². The molecule has 2 saturated carbocycles. The van der Waals surface area contributed by atoms with Gasteiger partial charge >= 0.3 is 0 Å². The van der Waals surface area contributed by atoms with E-state index in [1.54, 1.807) is 6.26 Å². The van der Waals surface area contributed by atoms with Crippen LogP contribution < -0.4 is 9.46 Å². The van der Waals surface area contributed by atoms with Crippen LogP contribution in [0.2, 0.25) is 0 Å². The Morgan fingerprint density at radius 2 is 2.00 bits per heavy atom. The molecule has 8 heteroatoms. The molecule has 2 aliphatic carbocycles. The number of hydrogen-bond donors (Lipinski definition) is 1. The summed E-state index contributed by atoms with van der Waals surface area (Å²) in [5, 5.41) is 0. The first kappa shape index (κ1) is 21.9. The van der Waals surface area contributed by atoms with Crippen molar-refractivity contribution in [2.75, 3.05) is 19.5 Å². The summed E-state index contributed by atoms with van der Waals surface area (Å²) in [4.78, 5) is 4.79. The maximum Gasteiger partial charge on any atom is 0.208 e. The van der Waals surface area contributed by atoms with E-state index in [0.29, 0.717) is 37.9 Å². The minimum Gasteiger partial charge on any atom is -0.493 e. The third kappa shape index (κ3) is 4.87. The van der Waals surface area contributed by atoms with Gasteiger partial charge in [-0.3, -0.25) is 0 Å². The molecule has 7 nitrogen and oxygen atoms in total. The van der Waals surface area contributed by atoms with E-state index in [4.69, 9.17) is 18.9 Å². The lowest BCUT2D eigenvalue weighted by atomic mass is 9.82. The van der Waals surface area contributed by atoms with Gasteiger partial charge in [-0.2, -0.15) is 0 Å². The molecule has 3 heterocycles. The van der Waals surface area contributed by atoms with Gasteiger partial charge in [0.25, 0.3) is 0 Å². The zero-order chi connectivity index (χ0) is 22.2. The Kier molecular flexibility index (Phi) is 6.03. The van der Waals surface area contributed by atoms with Crippen molar-refractivity contribution >= 4 is 10.0 Å². The average Bonchev–Trinajstić information content (AvgIpc) is 3.39. The minimum atomic E-state index is -3.27. The van der Waals surface area contributed by atoms with E-state index in [2.05, 4.69) is 22.9 Å². The van der Waals surface area contributed by atoms with E-state index >= 15 is 0 Å². The van der Waals surface area contributed by atoms with Crippen molar-refractivity contribution in [1.82, 2.24) is 9.71 Å². The molecule has 0 radical (unpaired) electrons. The molecule has 0 amide bonds. The summed E-state index contributed by atoms with van der Waals surface area (Å²) in [6.07, 6.45) is 10.2. The fraction of sp³-hybridized carbons (Fsp3) is 0.625. The first-order valence-electron chi connectivity index (χ1n) is 11.7. The maximum atomic E-state index is 11.8. The smallest absolute Gasteiger partial charge is 0.208 e. The van der Waals surface area contributed by atoms with Crippen LogP contribution in [0, 0.1) is 0 Å². The summed E-state index contributed by atoms with van der Waals surface area (Å²) in [6, 6.07) is 8.34. The van der Waals surface area contributed by atoms with E-state index in [1.807, 2.05) is 6.07 Å². The summed E-state index contributed by atoms with van der Waals surface area (Å²) in [6.45, 7) is 1.04. The van der Waals surface area contributed by atoms with Crippen molar-refractivity contribution in [2.45, 2.75) is 74.8 Å². The number of nitrogens with zero attached hydrogens (tertiary/aromatic N) is 1. The second-order valence-electron chi connectivity index (χ2n) is 9.71. The van der Waals surface area contributed by atoms with E-state index in [0.717, 1.165) is 50.0 Å². The van der Waals surface area contributed by atoms with Crippen LogP contribution in [0.5, 0.6) is 5.75 Å². The number of oxazole rings is 1. The van der Waals surface area contributed by atoms with Crippen molar-refractivity contribution in [3.63, 3.8) is 0 Å². The Morgan fingerprint density at radius 3 is 2.81 bits per heavy atom. The topological polar surface area (TPSA) is 90.7 Å². The average molecular weight is 461 g/mol. The lowest BCUT2D eigenvalue weighted by Gasteiger charge is -2.33. The number of sulfonamides is 1. The Morgan fingerprint density at radius 1 is 1.16 bits per heavy atom. The van der Waals surface area contributed by atoms with Crippen LogP contribution in [0.25, 0.3) is 0 Å². The molecule has 6 bridgehead atoms. The molecule has 1 aromatic heterocycles. The number of aromatic nitrogens is 1. The summed E-state index contributed by atoms with van der Waals surface area (Å²) in [5.74, 6) is 2.11. The fourth-order valence-corrected chi connectivity index (χ4v) is 6.36. The predicted octanol–water partition coefficient (Wildman–Crippen LogP) is 3.69. The number of ether oxygens (including phenoxy) is 2. The zero-order valence-electron chi connectivity index (χ0n) is 18.6.